The fraction of sp³-hybridized carbons (Fsp3) is 0.538. The average molecular weight is 307 g/mol. The highest BCUT2D eigenvalue weighted by Crippen LogP contribution is 2.45. The van der Waals surface area contributed by atoms with Gasteiger partial charge in [0, 0.05) is 24.6 Å². The minimum atomic E-state index is 0.604. The van der Waals surface area contributed by atoms with Gasteiger partial charge in [0.2, 0.25) is 0 Å². The van der Waals surface area contributed by atoms with Gasteiger partial charge in [-0.15, -0.1) is 0 Å². The number of anilines is 1. The van der Waals surface area contributed by atoms with Crippen LogP contribution in [0.2, 0.25) is 0 Å². The molecule has 0 unspecified atom stereocenters. The second-order valence-electron chi connectivity index (χ2n) is 5.42. The summed E-state index contributed by atoms with van der Waals surface area (Å²) in [5.41, 5.74) is 0.921. The third-order valence-electron chi connectivity index (χ3n) is 3.91. The van der Waals surface area contributed by atoms with Crippen LogP contribution in [0.25, 0.3) is 5.65 Å². The fourth-order valence-electron chi connectivity index (χ4n) is 2.69. The standard InChI is InChI=1S/C13H15BrN4/c14-10-7-18-6-5-15-13(18)12(16-10)17-11(8-1-2-8)9-3-4-9/h5-9,11H,1-4H2,(H,16,17). The topological polar surface area (TPSA) is 42.2 Å². The molecule has 0 bridgehead atoms. The van der Waals surface area contributed by atoms with Crippen LogP contribution in [0.4, 0.5) is 5.82 Å². The molecule has 94 valence electrons. The molecule has 2 aliphatic rings. The van der Waals surface area contributed by atoms with Crippen molar-refractivity contribution in [3.05, 3.63) is 23.2 Å². The van der Waals surface area contributed by atoms with Gasteiger partial charge in [0.05, 0.1) is 0 Å². The molecule has 2 fully saturated rings. The zero-order valence-corrected chi connectivity index (χ0v) is 11.6. The smallest absolute Gasteiger partial charge is 0.180 e. The zero-order chi connectivity index (χ0) is 12.1. The maximum Gasteiger partial charge on any atom is 0.180 e. The van der Waals surface area contributed by atoms with E-state index in [9.17, 15) is 0 Å². The summed E-state index contributed by atoms with van der Waals surface area (Å²) in [6.45, 7) is 0. The van der Waals surface area contributed by atoms with Gasteiger partial charge < -0.3 is 9.72 Å². The van der Waals surface area contributed by atoms with Crippen LogP contribution in [0.1, 0.15) is 25.7 Å². The Morgan fingerprint density at radius 1 is 1.28 bits per heavy atom. The van der Waals surface area contributed by atoms with E-state index in [-0.39, 0.29) is 0 Å². The van der Waals surface area contributed by atoms with Crippen LogP contribution >= 0.6 is 15.9 Å². The van der Waals surface area contributed by atoms with Gasteiger partial charge in [0.1, 0.15) is 4.60 Å². The third-order valence-corrected chi connectivity index (χ3v) is 4.29. The minimum absolute atomic E-state index is 0.604. The highest BCUT2D eigenvalue weighted by atomic mass is 79.9. The number of hydrogen-bond acceptors (Lipinski definition) is 3. The summed E-state index contributed by atoms with van der Waals surface area (Å²) in [5, 5.41) is 3.65. The van der Waals surface area contributed by atoms with Crippen molar-refractivity contribution in [2.24, 2.45) is 11.8 Å². The van der Waals surface area contributed by atoms with Crippen molar-refractivity contribution in [1.29, 1.82) is 0 Å². The second kappa shape index (κ2) is 3.95. The molecule has 2 aliphatic carbocycles. The molecule has 0 aliphatic heterocycles. The molecule has 2 aromatic heterocycles. The van der Waals surface area contributed by atoms with Gasteiger partial charge in [-0.2, -0.15) is 0 Å². The van der Waals surface area contributed by atoms with Crippen LogP contribution in [-0.4, -0.2) is 20.4 Å². The van der Waals surface area contributed by atoms with Crippen LogP contribution in [0, 0.1) is 11.8 Å². The van der Waals surface area contributed by atoms with Crippen LogP contribution in [-0.2, 0) is 0 Å². The van der Waals surface area contributed by atoms with Gasteiger partial charge in [-0.1, -0.05) is 0 Å². The van der Waals surface area contributed by atoms with Crippen LogP contribution in [0.3, 0.4) is 0 Å². The summed E-state index contributed by atoms with van der Waals surface area (Å²) in [6, 6.07) is 0.604. The summed E-state index contributed by atoms with van der Waals surface area (Å²) < 4.78 is 2.86. The zero-order valence-electron chi connectivity index (χ0n) is 10.0. The lowest BCUT2D eigenvalue weighted by Crippen LogP contribution is -2.25. The molecule has 2 saturated carbocycles. The van der Waals surface area contributed by atoms with Crippen molar-refractivity contribution in [3.8, 4) is 0 Å². The summed E-state index contributed by atoms with van der Waals surface area (Å²) in [7, 11) is 0. The van der Waals surface area contributed by atoms with E-state index >= 15 is 0 Å². The molecule has 1 N–H and O–H groups in total. The normalized spacial score (nSPS) is 19.7. The Labute approximate surface area is 114 Å². The lowest BCUT2D eigenvalue weighted by Gasteiger charge is -2.18. The van der Waals surface area contributed by atoms with E-state index in [0.29, 0.717) is 6.04 Å². The molecule has 18 heavy (non-hydrogen) atoms. The number of nitrogens with zero attached hydrogens (tertiary/aromatic N) is 3. The Morgan fingerprint density at radius 2 is 2.00 bits per heavy atom. The Hall–Kier alpha value is -1.10. The van der Waals surface area contributed by atoms with Crippen LogP contribution in [0.15, 0.2) is 23.2 Å². The summed E-state index contributed by atoms with van der Waals surface area (Å²) in [6.07, 6.45) is 11.2. The number of hydrogen-bond donors (Lipinski definition) is 1. The van der Waals surface area contributed by atoms with Crippen molar-refractivity contribution >= 4 is 27.4 Å². The van der Waals surface area contributed by atoms with Gasteiger partial charge in [0.25, 0.3) is 0 Å². The van der Waals surface area contributed by atoms with E-state index in [1.165, 1.54) is 25.7 Å². The predicted molar refractivity (Wildman–Crippen MR) is 73.5 cm³/mol. The van der Waals surface area contributed by atoms with E-state index in [1.807, 2.05) is 23.0 Å². The molecule has 4 nitrogen and oxygen atoms in total. The van der Waals surface area contributed by atoms with Crippen molar-refractivity contribution in [3.63, 3.8) is 0 Å². The minimum Gasteiger partial charge on any atom is -0.364 e. The Kier molecular flexibility index (Phi) is 2.37. The van der Waals surface area contributed by atoms with Gasteiger partial charge in [-0.25, -0.2) is 9.97 Å². The quantitative estimate of drug-likeness (QED) is 0.944. The molecule has 2 aromatic rings. The molecule has 4 rings (SSSR count). The van der Waals surface area contributed by atoms with Crippen LogP contribution in [0.5, 0.6) is 0 Å². The molecule has 0 saturated heterocycles. The molecule has 0 radical (unpaired) electrons. The number of fused-ring (bicyclic) bond motifs is 1. The number of halogens is 1. The van der Waals surface area contributed by atoms with E-state index in [1.54, 1.807) is 0 Å². The van der Waals surface area contributed by atoms with Gasteiger partial charge in [0.15, 0.2) is 11.5 Å². The molecule has 0 atom stereocenters. The van der Waals surface area contributed by atoms with E-state index in [4.69, 9.17) is 0 Å². The van der Waals surface area contributed by atoms with Crippen molar-refractivity contribution in [1.82, 2.24) is 14.4 Å². The lowest BCUT2D eigenvalue weighted by atomic mass is 10.1. The SMILES string of the molecule is Brc1cn2ccnc2c(NC(C2CC2)C2CC2)n1. The molecule has 0 spiro atoms. The molecule has 5 heteroatoms. The van der Waals surface area contributed by atoms with Crippen LogP contribution < -0.4 is 5.32 Å². The van der Waals surface area contributed by atoms with Crippen molar-refractivity contribution < 1.29 is 0 Å². The number of nitrogens with one attached hydrogen (secondary N) is 1. The van der Waals surface area contributed by atoms with Gasteiger partial charge in [-0.3, -0.25) is 0 Å². The first-order valence-corrected chi connectivity index (χ1v) is 7.36. The fourth-order valence-corrected chi connectivity index (χ4v) is 3.08. The summed E-state index contributed by atoms with van der Waals surface area (Å²) in [4.78, 5) is 8.95. The molecule has 0 aromatic carbocycles. The first-order valence-electron chi connectivity index (χ1n) is 6.57. The number of aromatic nitrogens is 3. The summed E-state index contributed by atoms with van der Waals surface area (Å²) >= 11 is 3.46. The maximum absolute atomic E-state index is 4.56. The number of imidazole rings is 1. The summed E-state index contributed by atoms with van der Waals surface area (Å²) in [5.74, 6) is 2.62. The van der Waals surface area contributed by atoms with E-state index < -0.39 is 0 Å². The van der Waals surface area contributed by atoms with E-state index in [0.717, 1.165) is 27.9 Å². The highest BCUT2D eigenvalue weighted by molar-refractivity contribution is 9.10. The van der Waals surface area contributed by atoms with Gasteiger partial charge >= 0.3 is 0 Å². The second-order valence-corrected chi connectivity index (χ2v) is 6.23. The Bertz CT molecular complexity index is 574. The predicted octanol–water partition coefficient (Wildman–Crippen LogP) is 3.09. The van der Waals surface area contributed by atoms with E-state index in [2.05, 4.69) is 31.2 Å². The molecule has 2 heterocycles. The maximum atomic E-state index is 4.56. The highest BCUT2D eigenvalue weighted by Gasteiger charge is 2.41. The lowest BCUT2D eigenvalue weighted by molar-refractivity contribution is 0.565. The average Bonchev–Trinajstić information content (AvgIpc) is 3.24. The first kappa shape index (κ1) is 10.8. The number of rotatable bonds is 4. The van der Waals surface area contributed by atoms with Crippen molar-refractivity contribution in [2.75, 3.05) is 5.32 Å². The van der Waals surface area contributed by atoms with Crippen molar-refractivity contribution in [2.45, 2.75) is 31.7 Å². The third kappa shape index (κ3) is 1.90. The van der Waals surface area contributed by atoms with Gasteiger partial charge in [-0.05, 0) is 53.4 Å². The monoisotopic (exact) mass is 306 g/mol. The Morgan fingerprint density at radius 3 is 2.67 bits per heavy atom. The first-order chi connectivity index (χ1) is 8.81. The largest absolute Gasteiger partial charge is 0.364 e. The molecule has 0 amide bonds. The molecular formula is C13H15BrN4. The molecular weight excluding hydrogens is 292 g/mol. The Balaban J connectivity index is 1.70.